The lowest BCUT2D eigenvalue weighted by atomic mass is 9.95. The van der Waals surface area contributed by atoms with Crippen molar-refractivity contribution < 1.29 is 14.3 Å². The summed E-state index contributed by atoms with van der Waals surface area (Å²) in [5.41, 5.74) is 2.11. The topological polar surface area (TPSA) is 89.8 Å². The number of aromatic nitrogens is 3. The molecule has 0 saturated heterocycles. The normalized spacial score (nSPS) is 16.1. The average Bonchev–Trinajstić information content (AvgIpc) is 3.39. The van der Waals surface area contributed by atoms with Crippen LogP contribution in [0.15, 0.2) is 36.7 Å². The lowest BCUT2D eigenvalue weighted by Gasteiger charge is -2.22. The van der Waals surface area contributed by atoms with Crippen LogP contribution in [0.25, 0.3) is 5.65 Å². The van der Waals surface area contributed by atoms with E-state index in [0.29, 0.717) is 23.6 Å². The standard InChI is InChI=1S/C21H23N5O3/c27-21(24-15-4-2-1-3-5-15)16-12-23-26-9-8-19(25-20(16)26)22-11-14-6-7-17-18(10-14)29-13-28-17/h6-10,12,15H,1-5,11,13H2,(H,22,25)(H,24,27). The fourth-order valence-corrected chi connectivity index (χ4v) is 3.88. The van der Waals surface area contributed by atoms with Gasteiger partial charge >= 0.3 is 0 Å². The molecule has 3 aromatic rings. The lowest BCUT2D eigenvalue weighted by Crippen LogP contribution is -2.36. The van der Waals surface area contributed by atoms with Crippen LogP contribution in [0.2, 0.25) is 0 Å². The third-order valence-electron chi connectivity index (χ3n) is 5.46. The SMILES string of the molecule is O=C(NC1CCCCC1)c1cnn2ccc(NCc3ccc4c(c3)OCO4)nc12. The molecule has 1 aliphatic carbocycles. The maximum atomic E-state index is 12.7. The molecule has 2 aliphatic rings. The van der Waals surface area contributed by atoms with E-state index in [9.17, 15) is 4.79 Å². The molecular formula is C21H23N5O3. The number of fused-ring (bicyclic) bond motifs is 2. The van der Waals surface area contributed by atoms with Crippen molar-refractivity contribution in [3.63, 3.8) is 0 Å². The summed E-state index contributed by atoms with van der Waals surface area (Å²) in [6.45, 7) is 0.842. The Balaban J connectivity index is 1.30. The summed E-state index contributed by atoms with van der Waals surface area (Å²) in [6, 6.07) is 7.94. The van der Waals surface area contributed by atoms with Crippen LogP contribution in [0.1, 0.15) is 48.0 Å². The van der Waals surface area contributed by atoms with Crippen LogP contribution in [-0.4, -0.2) is 33.3 Å². The van der Waals surface area contributed by atoms with Crippen molar-refractivity contribution in [1.29, 1.82) is 0 Å². The molecule has 1 aliphatic heterocycles. The Morgan fingerprint density at radius 1 is 1.14 bits per heavy atom. The Labute approximate surface area is 168 Å². The number of hydrogen-bond acceptors (Lipinski definition) is 6. The molecule has 150 valence electrons. The molecule has 0 atom stereocenters. The molecule has 2 aromatic heterocycles. The number of carbonyl (C=O) groups excluding carboxylic acids is 1. The van der Waals surface area contributed by atoms with Crippen LogP contribution in [0.5, 0.6) is 11.5 Å². The number of hydrogen-bond donors (Lipinski definition) is 2. The summed E-state index contributed by atoms with van der Waals surface area (Å²) < 4.78 is 12.4. The number of amides is 1. The van der Waals surface area contributed by atoms with E-state index >= 15 is 0 Å². The molecule has 0 bridgehead atoms. The van der Waals surface area contributed by atoms with Gasteiger partial charge in [-0.2, -0.15) is 5.10 Å². The molecule has 8 nitrogen and oxygen atoms in total. The van der Waals surface area contributed by atoms with Gasteiger partial charge in [0.1, 0.15) is 11.4 Å². The van der Waals surface area contributed by atoms with E-state index in [1.807, 2.05) is 30.5 Å². The van der Waals surface area contributed by atoms with Gasteiger partial charge in [0.2, 0.25) is 6.79 Å². The smallest absolute Gasteiger partial charge is 0.256 e. The fraction of sp³-hybridized carbons (Fsp3) is 0.381. The van der Waals surface area contributed by atoms with Crippen LogP contribution in [0.3, 0.4) is 0 Å². The number of nitrogens with zero attached hydrogens (tertiary/aromatic N) is 3. The second kappa shape index (κ2) is 7.62. The maximum absolute atomic E-state index is 12.7. The van der Waals surface area contributed by atoms with Crippen molar-refractivity contribution in [2.24, 2.45) is 0 Å². The van der Waals surface area contributed by atoms with Crippen LogP contribution < -0.4 is 20.1 Å². The minimum absolute atomic E-state index is 0.104. The Bertz CT molecular complexity index is 1040. The summed E-state index contributed by atoms with van der Waals surface area (Å²) in [5.74, 6) is 2.10. The maximum Gasteiger partial charge on any atom is 0.256 e. The highest BCUT2D eigenvalue weighted by atomic mass is 16.7. The van der Waals surface area contributed by atoms with Gasteiger partial charge in [-0.05, 0) is 36.6 Å². The van der Waals surface area contributed by atoms with E-state index in [4.69, 9.17) is 9.47 Å². The average molecular weight is 393 g/mol. The zero-order valence-electron chi connectivity index (χ0n) is 16.1. The molecule has 1 saturated carbocycles. The predicted molar refractivity (Wildman–Crippen MR) is 107 cm³/mol. The number of anilines is 1. The van der Waals surface area contributed by atoms with Gasteiger partial charge in [0, 0.05) is 18.8 Å². The van der Waals surface area contributed by atoms with Gasteiger partial charge in [-0.1, -0.05) is 25.3 Å². The summed E-state index contributed by atoms with van der Waals surface area (Å²) in [7, 11) is 0. The molecule has 0 radical (unpaired) electrons. The predicted octanol–water partition coefficient (Wildman–Crippen LogP) is 3.13. The third kappa shape index (κ3) is 3.70. The molecule has 1 amide bonds. The largest absolute Gasteiger partial charge is 0.454 e. The molecule has 2 N–H and O–H groups in total. The fourth-order valence-electron chi connectivity index (χ4n) is 3.88. The monoisotopic (exact) mass is 393 g/mol. The highest BCUT2D eigenvalue weighted by molar-refractivity contribution is 5.99. The van der Waals surface area contributed by atoms with Gasteiger partial charge in [0.25, 0.3) is 5.91 Å². The van der Waals surface area contributed by atoms with E-state index in [1.54, 1.807) is 10.7 Å². The molecule has 0 unspecified atom stereocenters. The minimum atomic E-state index is -0.104. The van der Waals surface area contributed by atoms with Crippen molar-refractivity contribution in [2.75, 3.05) is 12.1 Å². The number of ether oxygens (including phenoxy) is 2. The quantitative estimate of drug-likeness (QED) is 0.692. The summed E-state index contributed by atoms with van der Waals surface area (Å²) >= 11 is 0. The van der Waals surface area contributed by atoms with Gasteiger partial charge in [-0.3, -0.25) is 4.79 Å². The van der Waals surface area contributed by atoms with E-state index in [-0.39, 0.29) is 18.7 Å². The van der Waals surface area contributed by atoms with Crippen LogP contribution in [-0.2, 0) is 6.54 Å². The molecule has 29 heavy (non-hydrogen) atoms. The molecule has 1 aromatic carbocycles. The van der Waals surface area contributed by atoms with Crippen molar-refractivity contribution in [2.45, 2.75) is 44.7 Å². The number of nitrogens with one attached hydrogen (secondary N) is 2. The lowest BCUT2D eigenvalue weighted by molar-refractivity contribution is 0.0929. The zero-order chi connectivity index (χ0) is 19.6. The van der Waals surface area contributed by atoms with Crippen molar-refractivity contribution in [3.8, 4) is 11.5 Å². The molecule has 8 heteroatoms. The second-order valence-electron chi connectivity index (χ2n) is 7.49. The molecule has 0 spiro atoms. The second-order valence-corrected chi connectivity index (χ2v) is 7.49. The van der Waals surface area contributed by atoms with Gasteiger partial charge in [-0.25, -0.2) is 9.50 Å². The first kappa shape index (κ1) is 17.8. The van der Waals surface area contributed by atoms with Gasteiger partial charge in [0.15, 0.2) is 17.1 Å². The number of carbonyl (C=O) groups is 1. The minimum Gasteiger partial charge on any atom is -0.454 e. The van der Waals surface area contributed by atoms with Gasteiger partial charge < -0.3 is 20.1 Å². The summed E-state index contributed by atoms with van der Waals surface area (Å²) in [6.07, 6.45) is 9.08. The van der Waals surface area contributed by atoms with E-state index in [2.05, 4.69) is 20.7 Å². The van der Waals surface area contributed by atoms with Gasteiger partial charge in [0.05, 0.1) is 6.20 Å². The highest BCUT2D eigenvalue weighted by Gasteiger charge is 2.20. The summed E-state index contributed by atoms with van der Waals surface area (Å²) in [5, 5.41) is 10.7. The first-order valence-corrected chi connectivity index (χ1v) is 10.0. The Hall–Kier alpha value is -3.29. The van der Waals surface area contributed by atoms with Crippen molar-refractivity contribution >= 4 is 17.4 Å². The van der Waals surface area contributed by atoms with Crippen molar-refractivity contribution in [3.05, 3.63) is 47.8 Å². The Morgan fingerprint density at radius 2 is 2.00 bits per heavy atom. The van der Waals surface area contributed by atoms with E-state index in [0.717, 1.165) is 29.9 Å². The highest BCUT2D eigenvalue weighted by Crippen LogP contribution is 2.32. The molecule has 1 fully saturated rings. The van der Waals surface area contributed by atoms with Crippen molar-refractivity contribution in [1.82, 2.24) is 19.9 Å². The van der Waals surface area contributed by atoms with Crippen LogP contribution in [0, 0.1) is 0 Å². The molecule has 5 rings (SSSR count). The summed E-state index contributed by atoms with van der Waals surface area (Å²) in [4.78, 5) is 17.3. The zero-order valence-corrected chi connectivity index (χ0v) is 16.1. The van der Waals surface area contributed by atoms with Gasteiger partial charge in [-0.15, -0.1) is 0 Å². The van der Waals surface area contributed by atoms with E-state index in [1.165, 1.54) is 19.3 Å². The van der Waals surface area contributed by atoms with Crippen LogP contribution in [0.4, 0.5) is 5.82 Å². The molecule has 3 heterocycles. The first-order valence-electron chi connectivity index (χ1n) is 10.0. The third-order valence-corrected chi connectivity index (χ3v) is 5.46. The first-order chi connectivity index (χ1) is 14.3. The number of benzene rings is 1. The molecular weight excluding hydrogens is 370 g/mol. The van der Waals surface area contributed by atoms with E-state index < -0.39 is 0 Å². The Kier molecular flexibility index (Phi) is 4.67. The van der Waals surface area contributed by atoms with Crippen LogP contribution >= 0.6 is 0 Å². The number of rotatable bonds is 5. The Morgan fingerprint density at radius 3 is 2.90 bits per heavy atom.